The van der Waals surface area contributed by atoms with Crippen LogP contribution in [0.3, 0.4) is 0 Å². The van der Waals surface area contributed by atoms with Gasteiger partial charge >= 0.3 is 0 Å². The van der Waals surface area contributed by atoms with Crippen LogP contribution >= 0.6 is 11.6 Å². The summed E-state index contributed by atoms with van der Waals surface area (Å²) < 4.78 is 28.7. The highest BCUT2D eigenvalue weighted by atomic mass is 35.5. The summed E-state index contributed by atoms with van der Waals surface area (Å²) >= 11 is 6.05. The van der Waals surface area contributed by atoms with Crippen molar-refractivity contribution in [2.45, 2.75) is 55.5 Å². The Morgan fingerprint density at radius 2 is 1.82 bits per heavy atom. The number of nitrogens with zero attached hydrogens (tertiary/aromatic N) is 4. The second-order valence-electron chi connectivity index (χ2n) is 10.4. The van der Waals surface area contributed by atoms with Crippen LogP contribution in [-0.4, -0.2) is 91.3 Å². The van der Waals surface area contributed by atoms with E-state index in [9.17, 15) is 18.0 Å². The van der Waals surface area contributed by atoms with Gasteiger partial charge in [0.1, 0.15) is 10.9 Å². The number of carbonyl (C=O) groups is 2. The molecule has 2 aromatic rings. The molecule has 2 atom stereocenters. The smallest absolute Gasteiger partial charge is 0.242 e. The average molecular weight is 560 g/mol. The van der Waals surface area contributed by atoms with Crippen molar-refractivity contribution in [2.75, 3.05) is 39.3 Å². The minimum Gasteiger partial charge on any atom is -0.337 e. The Morgan fingerprint density at radius 3 is 2.55 bits per heavy atom. The van der Waals surface area contributed by atoms with Crippen molar-refractivity contribution in [3.63, 3.8) is 0 Å². The summed E-state index contributed by atoms with van der Waals surface area (Å²) in [4.78, 5) is 36.5. The van der Waals surface area contributed by atoms with Gasteiger partial charge in [0.2, 0.25) is 21.8 Å². The number of sulfonamides is 1. The van der Waals surface area contributed by atoms with Crippen LogP contribution in [0.15, 0.2) is 47.5 Å². The minimum absolute atomic E-state index is 0.0105. The number of piperidine rings is 1. The predicted octanol–water partition coefficient (Wildman–Crippen LogP) is 2.76. The highest BCUT2D eigenvalue weighted by Gasteiger charge is 2.36. The van der Waals surface area contributed by atoms with E-state index in [-0.39, 0.29) is 29.3 Å². The van der Waals surface area contributed by atoms with Crippen molar-refractivity contribution in [3.8, 4) is 11.3 Å². The van der Waals surface area contributed by atoms with Crippen LogP contribution in [0.1, 0.15) is 38.5 Å². The van der Waals surface area contributed by atoms with Crippen molar-refractivity contribution >= 4 is 33.4 Å². The van der Waals surface area contributed by atoms with E-state index in [0.717, 1.165) is 38.0 Å². The van der Waals surface area contributed by atoms with Crippen molar-refractivity contribution in [2.24, 2.45) is 0 Å². The van der Waals surface area contributed by atoms with Gasteiger partial charge < -0.3 is 14.7 Å². The van der Waals surface area contributed by atoms with E-state index in [0.29, 0.717) is 36.6 Å². The van der Waals surface area contributed by atoms with E-state index < -0.39 is 16.1 Å². The molecule has 1 aromatic carbocycles. The van der Waals surface area contributed by atoms with E-state index >= 15 is 0 Å². The lowest BCUT2D eigenvalue weighted by atomic mass is 10.1. The Balaban J connectivity index is 1.20. The van der Waals surface area contributed by atoms with Gasteiger partial charge in [0.05, 0.1) is 12.2 Å². The number of pyridine rings is 1. The summed E-state index contributed by atoms with van der Waals surface area (Å²) in [5.74, 6) is -0.406. The maximum Gasteiger partial charge on any atom is 0.242 e. The van der Waals surface area contributed by atoms with E-state index in [1.165, 1.54) is 30.0 Å². The molecular weight excluding hydrogens is 526 g/mol. The monoisotopic (exact) mass is 559 g/mol. The second kappa shape index (κ2) is 11.7. The summed E-state index contributed by atoms with van der Waals surface area (Å²) in [6.07, 6.45) is 6.67. The highest BCUT2D eigenvalue weighted by Crippen LogP contribution is 2.24. The van der Waals surface area contributed by atoms with Gasteiger partial charge in [-0.25, -0.2) is 8.42 Å². The first kappa shape index (κ1) is 27.1. The molecule has 4 heterocycles. The molecule has 0 radical (unpaired) electrons. The van der Waals surface area contributed by atoms with Crippen LogP contribution in [0.25, 0.3) is 11.3 Å². The van der Waals surface area contributed by atoms with E-state index in [1.54, 1.807) is 24.3 Å². The van der Waals surface area contributed by atoms with Crippen LogP contribution in [0.5, 0.6) is 0 Å². The maximum atomic E-state index is 13.2. The number of nitrogens with one attached hydrogen (secondary N) is 1. The lowest BCUT2D eigenvalue weighted by molar-refractivity contribution is -0.143. The molecule has 0 spiro atoms. The lowest BCUT2D eigenvalue weighted by Gasteiger charge is -2.34. The molecule has 3 fully saturated rings. The molecule has 5 rings (SSSR count). The number of rotatable bonds is 8. The largest absolute Gasteiger partial charge is 0.337 e. The van der Waals surface area contributed by atoms with Gasteiger partial charge in [0.15, 0.2) is 0 Å². The number of carbonyl (C=O) groups excluding carboxylic acids is 2. The zero-order valence-corrected chi connectivity index (χ0v) is 23.0. The summed E-state index contributed by atoms with van der Waals surface area (Å²) in [7, 11) is -3.98. The first-order chi connectivity index (χ1) is 18.3. The quantitative estimate of drug-likeness (QED) is 0.533. The number of hydrogen-bond donors (Lipinski definition) is 1. The fraction of sp³-hybridized carbons (Fsp3) is 0.519. The minimum atomic E-state index is -3.98. The molecule has 0 aliphatic carbocycles. The fourth-order valence-corrected chi connectivity index (χ4v) is 7.05. The summed E-state index contributed by atoms with van der Waals surface area (Å²) in [5.41, 5.74) is 1.37. The molecule has 3 saturated heterocycles. The molecule has 3 aliphatic heterocycles. The molecule has 0 saturated carbocycles. The summed E-state index contributed by atoms with van der Waals surface area (Å²) in [5, 5.41) is 0.563. The Morgan fingerprint density at radius 1 is 1.03 bits per heavy atom. The van der Waals surface area contributed by atoms with E-state index in [2.05, 4.69) is 14.6 Å². The van der Waals surface area contributed by atoms with Gasteiger partial charge in [-0.1, -0.05) is 23.7 Å². The number of aromatic nitrogens is 1. The summed E-state index contributed by atoms with van der Waals surface area (Å²) in [6.45, 7) is 4.22. The molecule has 1 N–H and O–H groups in total. The van der Waals surface area contributed by atoms with Crippen LogP contribution < -0.4 is 4.72 Å². The van der Waals surface area contributed by atoms with E-state index in [1.807, 2.05) is 11.0 Å². The Kier molecular flexibility index (Phi) is 8.32. The number of benzene rings is 1. The number of halogens is 1. The first-order valence-corrected chi connectivity index (χ1v) is 15.2. The Labute approximate surface area is 229 Å². The third-order valence-corrected chi connectivity index (χ3v) is 9.38. The Hall–Kier alpha value is -2.53. The molecule has 9 nitrogen and oxygen atoms in total. The maximum absolute atomic E-state index is 13.2. The standard InChI is InChI=1S/C27H34ClN5O4S/c28-21-7-3-6-20(16-21)24-11-10-23(17-29-24)38(36,37)30-25-9-5-14-32(27(25)35)19-26(34)33-15-4-8-22(33)18-31-12-1-2-13-31/h3,6-7,10-11,16-17,22,25,30H,1-2,4-5,8-9,12-15,18-19H2. The van der Waals surface area contributed by atoms with Crippen molar-refractivity contribution in [1.29, 1.82) is 0 Å². The van der Waals surface area contributed by atoms with Crippen LogP contribution in [0.2, 0.25) is 5.02 Å². The van der Waals surface area contributed by atoms with Crippen LogP contribution in [-0.2, 0) is 19.6 Å². The van der Waals surface area contributed by atoms with Crippen molar-refractivity contribution in [1.82, 2.24) is 24.4 Å². The molecule has 11 heteroatoms. The molecule has 2 unspecified atom stereocenters. The predicted molar refractivity (Wildman–Crippen MR) is 145 cm³/mol. The normalized spacial score (nSPS) is 22.8. The topological polar surface area (TPSA) is 103 Å². The molecule has 0 bridgehead atoms. The van der Waals surface area contributed by atoms with Gasteiger partial charge in [-0.15, -0.1) is 0 Å². The molecule has 1 aromatic heterocycles. The van der Waals surface area contributed by atoms with Crippen molar-refractivity contribution in [3.05, 3.63) is 47.6 Å². The van der Waals surface area contributed by atoms with Gasteiger partial charge in [-0.2, -0.15) is 4.72 Å². The first-order valence-electron chi connectivity index (χ1n) is 13.3. The zero-order valence-electron chi connectivity index (χ0n) is 21.4. The Bertz CT molecular complexity index is 1270. The van der Waals surface area contributed by atoms with Crippen molar-refractivity contribution < 1.29 is 18.0 Å². The van der Waals surface area contributed by atoms with Gasteiger partial charge in [-0.05, 0) is 75.9 Å². The summed E-state index contributed by atoms with van der Waals surface area (Å²) in [6, 6.07) is 9.51. The number of hydrogen-bond acceptors (Lipinski definition) is 6. The van der Waals surface area contributed by atoms with Crippen LogP contribution in [0, 0.1) is 0 Å². The molecule has 3 aliphatic rings. The molecular formula is C27H34ClN5O4S. The average Bonchev–Trinajstić information content (AvgIpc) is 3.59. The number of likely N-dealkylation sites (tertiary alicyclic amines) is 3. The highest BCUT2D eigenvalue weighted by molar-refractivity contribution is 7.89. The fourth-order valence-electron chi connectivity index (χ4n) is 5.69. The zero-order chi connectivity index (χ0) is 26.7. The third kappa shape index (κ3) is 6.20. The molecule has 38 heavy (non-hydrogen) atoms. The molecule has 2 amide bonds. The van der Waals surface area contributed by atoms with Gasteiger partial charge in [0.25, 0.3) is 0 Å². The van der Waals surface area contributed by atoms with E-state index in [4.69, 9.17) is 11.6 Å². The SMILES string of the molecule is O=C1C(NS(=O)(=O)c2ccc(-c3cccc(Cl)c3)nc2)CCCN1CC(=O)N1CCCC1CN1CCCC1. The van der Waals surface area contributed by atoms with Gasteiger partial charge in [0, 0.05) is 42.5 Å². The molecule has 204 valence electrons. The van der Waals surface area contributed by atoms with Gasteiger partial charge in [-0.3, -0.25) is 14.6 Å². The number of amides is 2. The second-order valence-corrected chi connectivity index (χ2v) is 12.5. The third-order valence-electron chi connectivity index (χ3n) is 7.69. The lowest BCUT2D eigenvalue weighted by Crippen LogP contribution is -2.55. The van der Waals surface area contributed by atoms with Crippen LogP contribution in [0.4, 0.5) is 0 Å².